The number of amides is 1. The highest BCUT2D eigenvalue weighted by atomic mass is 16.2. The molecular weight excluding hydrogens is 224 g/mol. The molecule has 0 atom stereocenters. The van der Waals surface area contributed by atoms with Crippen LogP contribution in [-0.2, 0) is 11.2 Å². The number of hydrogen-bond acceptors (Lipinski definition) is 2. The van der Waals surface area contributed by atoms with Crippen molar-refractivity contribution in [2.75, 3.05) is 19.6 Å². The molecule has 1 amide bonds. The molecule has 1 fully saturated rings. The second-order valence-electron chi connectivity index (χ2n) is 4.95. The Hall–Kier alpha value is -1.35. The summed E-state index contributed by atoms with van der Waals surface area (Å²) in [5.74, 6) is 0.674. The lowest BCUT2D eigenvalue weighted by molar-refractivity contribution is -0.130. The molecule has 3 nitrogen and oxygen atoms in total. The first-order chi connectivity index (χ1) is 8.74. The first-order valence-corrected chi connectivity index (χ1v) is 6.81. The van der Waals surface area contributed by atoms with Crippen LogP contribution in [0.2, 0.25) is 0 Å². The van der Waals surface area contributed by atoms with Crippen molar-refractivity contribution in [3.05, 3.63) is 35.4 Å². The smallest absolute Gasteiger partial charge is 0.236 e. The minimum Gasteiger partial charge on any atom is -0.342 e. The van der Waals surface area contributed by atoms with E-state index in [1.54, 1.807) is 0 Å². The summed E-state index contributed by atoms with van der Waals surface area (Å²) in [5.41, 5.74) is 8.18. The highest BCUT2D eigenvalue weighted by Crippen LogP contribution is 2.28. The van der Waals surface area contributed by atoms with E-state index in [1.807, 2.05) is 4.90 Å². The highest BCUT2D eigenvalue weighted by Gasteiger charge is 2.22. The Bertz CT molecular complexity index is 391. The standard InChI is InChI=1S/C15H22N2O/c1-2-12-3-5-13(6-4-12)14-7-9-17(10-8-14)15(18)11-16/h3-6,14H,2,7-11,16H2,1H3. The minimum atomic E-state index is 0.0785. The van der Waals surface area contributed by atoms with Gasteiger partial charge in [-0.1, -0.05) is 31.2 Å². The summed E-state index contributed by atoms with van der Waals surface area (Å²) in [6.45, 7) is 3.99. The first-order valence-electron chi connectivity index (χ1n) is 6.81. The van der Waals surface area contributed by atoms with Crippen LogP contribution in [0.4, 0.5) is 0 Å². The molecule has 0 radical (unpaired) electrons. The van der Waals surface area contributed by atoms with E-state index >= 15 is 0 Å². The Labute approximate surface area is 109 Å². The molecule has 98 valence electrons. The zero-order valence-electron chi connectivity index (χ0n) is 11.1. The Balaban J connectivity index is 1.94. The Morgan fingerprint density at radius 2 is 1.89 bits per heavy atom. The van der Waals surface area contributed by atoms with Crippen molar-refractivity contribution < 1.29 is 4.79 Å². The van der Waals surface area contributed by atoms with Crippen molar-refractivity contribution in [3.8, 4) is 0 Å². The number of likely N-dealkylation sites (tertiary alicyclic amines) is 1. The van der Waals surface area contributed by atoms with Gasteiger partial charge >= 0.3 is 0 Å². The zero-order valence-corrected chi connectivity index (χ0v) is 11.1. The van der Waals surface area contributed by atoms with Crippen LogP contribution in [0.3, 0.4) is 0 Å². The summed E-state index contributed by atoms with van der Waals surface area (Å²) in [6, 6.07) is 8.91. The molecule has 1 aromatic carbocycles. The average molecular weight is 246 g/mol. The maximum Gasteiger partial charge on any atom is 0.236 e. The summed E-state index contributed by atoms with van der Waals surface area (Å²) >= 11 is 0. The second kappa shape index (κ2) is 6.01. The van der Waals surface area contributed by atoms with E-state index in [4.69, 9.17) is 5.73 Å². The molecule has 1 aliphatic rings. The van der Waals surface area contributed by atoms with Gasteiger partial charge in [0.25, 0.3) is 0 Å². The lowest BCUT2D eigenvalue weighted by Gasteiger charge is -2.32. The number of benzene rings is 1. The second-order valence-corrected chi connectivity index (χ2v) is 4.95. The fourth-order valence-corrected chi connectivity index (χ4v) is 2.62. The first kappa shape index (κ1) is 13.1. The SMILES string of the molecule is CCc1ccc(C2CCN(C(=O)CN)CC2)cc1. The third-order valence-electron chi connectivity index (χ3n) is 3.88. The largest absolute Gasteiger partial charge is 0.342 e. The van der Waals surface area contributed by atoms with E-state index in [-0.39, 0.29) is 12.5 Å². The van der Waals surface area contributed by atoms with E-state index in [0.717, 1.165) is 32.4 Å². The van der Waals surface area contributed by atoms with Crippen molar-refractivity contribution in [2.45, 2.75) is 32.1 Å². The molecule has 1 aliphatic heterocycles. The topological polar surface area (TPSA) is 46.3 Å². The fourth-order valence-electron chi connectivity index (χ4n) is 2.62. The van der Waals surface area contributed by atoms with Crippen LogP contribution < -0.4 is 5.73 Å². The molecule has 1 saturated heterocycles. The summed E-state index contributed by atoms with van der Waals surface area (Å²) in [6.07, 6.45) is 3.19. The van der Waals surface area contributed by atoms with E-state index in [2.05, 4.69) is 31.2 Å². The lowest BCUT2D eigenvalue weighted by Crippen LogP contribution is -2.41. The molecule has 1 aromatic rings. The third-order valence-corrected chi connectivity index (χ3v) is 3.88. The number of carbonyl (C=O) groups is 1. The van der Waals surface area contributed by atoms with Gasteiger partial charge in [0.2, 0.25) is 5.91 Å². The maximum atomic E-state index is 11.5. The van der Waals surface area contributed by atoms with Gasteiger partial charge in [-0.2, -0.15) is 0 Å². The quantitative estimate of drug-likeness (QED) is 0.885. The van der Waals surface area contributed by atoms with Gasteiger partial charge in [-0.3, -0.25) is 4.79 Å². The zero-order chi connectivity index (χ0) is 13.0. The van der Waals surface area contributed by atoms with Gasteiger partial charge in [0.15, 0.2) is 0 Å². The van der Waals surface area contributed by atoms with Gasteiger partial charge in [0, 0.05) is 13.1 Å². The number of aryl methyl sites for hydroxylation is 1. The maximum absolute atomic E-state index is 11.5. The summed E-state index contributed by atoms with van der Waals surface area (Å²) < 4.78 is 0. The number of piperidine rings is 1. The van der Waals surface area contributed by atoms with Gasteiger partial charge in [-0.05, 0) is 36.3 Å². The van der Waals surface area contributed by atoms with Gasteiger partial charge in [-0.25, -0.2) is 0 Å². The van der Waals surface area contributed by atoms with Crippen molar-refractivity contribution in [3.63, 3.8) is 0 Å². The summed E-state index contributed by atoms with van der Waals surface area (Å²) in [5, 5.41) is 0. The fraction of sp³-hybridized carbons (Fsp3) is 0.533. The number of nitrogens with zero attached hydrogens (tertiary/aromatic N) is 1. The van der Waals surface area contributed by atoms with Crippen molar-refractivity contribution in [2.24, 2.45) is 5.73 Å². The molecule has 2 N–H and O–H groups in total. The monoisotopic (exact) mass is 246 g/mol. The van der Waals surface area contributed by atoms with Crippen LogP contribution in [-0.4, -0.2) is 30.4 Å². The van der Waals surface area contributed by atoms with E-state index in [0.29, 0.717) is 5.92 Å². The van der Waals surface area contributed by atoms with E-state index in [1.165, 1.54) is 11.1 Å². The van der Waals surface area contributed by atoms with E-state index < -0.39 is 0 Å². The lowest BCUT2D eigenvalue weighted by atomic mass is 9.89. The summed E-state index contributed by atoms with van der Waals surface area (Å²) in [7, 11) is 0. The van der Waals surface area contributed by atoms with Crippen LogP contribution in [0.1, 0.15) is 36.8 Å². The molecule has 0 spiro atoms. The number of carbonyl (C=O) groups excluding carboxylic acids is 1. The van der Waals surface area contributed by atoms with Gasteiger partial charge in [0.1, 0.15) is 0 Å². The van der Waals surface area contributed by atoms with Crippen LogP contribution >= 0.6 is 0 Å². The molecule has 0 bridgehead atoms. The number of nitrogens with two attached hydrogens (primary N) is 1. The minimum absolute atomic E-state index is 0.0785. The molecular formula is C15H22N2O. The van der Waals surface area contributed by atoms with Crippen LogP contribution in [0, 0.1) is 0 Å². The van der Waals surface area contributed by atoms with Crippen molar-refractivity contribution in [1.82, 2.24) is 4.90 Å². The predicted molar refractivity (Wildman–Crippen MR) is 73.4 cm³/mol. The van der Waals surface area contributed by atoms with E-state index in [9.17, 15) is 4.79 Å². The number of rotatable bonds is 3. The van der Waals surface area contributed by atoms with Crippen LogP contribution in [0.5, 0.6) is 0 Å². The molecule has 0 aliphatic carbocycles. The molecule has 3 heteroatoms. The number of hydrogen-bond donors (Lipinski definition) is 1. The van der Waals surface area contributed by atoms with Crippen LogP contribution in [0.25, 0.3) is 0 Å². The third kappa shape index (κ3) is 2.91. The van der Waals surface area contributed by atoms with Gasteiger partial charge in [0.05, 0.1) is 6.54 Å². The Kier molecular flexibility index (Phi) is 4.37. The molecule has 0 aromatic heterocycles. The highest BCUT2D eigenvalue weighted by molar-refractivity contribution is 5.78. The predicted octanol–water partition coefficient (Wildman–Crippen LogP) is 1.91. The van der Waals surface area contributed by atoms with Crippen molar-refractivity contribution >= 4 is 5.91 Å². The average Bonchev–Trinajstić information content (AvgIpc) is 2.47. The molecule has 0 saturated carbocycles. The molecule has 0 unspecified atom stereocenters. The van der Waals surface area contributed by atoms with Gasteiger partial charge in [-0.15, -0.1) is 0 Å². The summed E-state index contributed by atoms with van der Waals surface area (Å²) in [4.78, 5) is 13.4. The van der Waals surface area contributed by atoms with Crippen LogP contribution in [0.15, 0.2) is 24.3 Å². The molecule has 2 rings (SSSR count). The Morgan fingerprint density at radius 3 is 2.39 bits per heavy atom. The van der Waals surface area contributed by atoms with Crippen molar-refractivity contribution in [1.29, 1.82) is 0 Å². The van der Waals surface area contributed by atoms with Gasteiger partial charge < -0.3 is 10.6 Å². The molecule has 18 heavy (non-hydrogen) atoms. The molecule has 1 heterocycles. The normalized spacial score (nSPS) is 16.9. The Morgan fingerprint density at radius 1 is 1.28 bits per heavy atom.